The number of rotatable bonds is 2. The van der Waals surface area contributed by atoms with Gasteiger partial charge in [0.15, 0.2) is 0 Å². The van der Waals surface area contributed by atoms with Gasteiger partial charge in [-0.15, -0.1) is 0 Å². The summed E-state index contributed by atoms with van der Waals surface area (Å²) >= 11 is 12.0. The molecule has 1 fully saturated rings. The van der Waals surface area contributed by atoms with Gasteiger partial charge in [-0.2, -0.15) is 21.6 Å². The van der Waals surface area contributed by atoms with Gasteiger partial charge in [-0.25, -0.2) is 4.98 Å². The Morgan fingerprint density at radius 3 is 2.38 bits per heavy atom. The quantitative estimate of drug-likeness (QED) is 0.562. The predicted octanol–water partition coefficient (Wildman–Crippen LogP) is 4.24. The number of aliphatic hydroxyl groups excluding tert-OH is 1. The standard InChI is InChI=1S/C16H15Cl2F3N2O.CH4O3S/c17-8-5-9-10(15(24)12-3-1-2-4-22-12)7-13(16(19,20)21)23-14(9)11(18)6-8;1-5(2,3)4/h5-7,12,15,22,24H,1-4H2;1H3,(H,2,3,4). The zero-order valence-corrected chi connectivity index (χ0v) is 17.5. The molecule has 0 amide bonds. The molecule has 2 atom stereocenters. The van der Waals surface area contributed by atoms with E-state index in [2.05, 4.69) is 10.3 Å². The number of pyridine rings is 1. The number of hydrogen-bond acceptors (Lipinski definition) is 5. The van der Waals surface area contributed by atoms with E-state index in [1.54, 1.807) is 0 Å². The first kappa shape index (κ1) is 24.1. The molecule has 6 nitrogen and oxygen atoms in total. The van der Waals surface area contributed by atoms with Gasteiger partial charge in [-0.1, -0.05) is 29.6 Å². The first-order valence-corrected chi connectivity index (χ1v) is 11.1. The molecule has 0 bridgehead atoms. The largest absolute Gasteiger partial charge is 0.433 e. The first-order chi connectivity index (χ1) is 13.3. The number of aromatic nitrogens is 1. The smallest absolute Gasteiger partial charge is 0.387 e. The lowest BCUT2D eigenvalue weighted by Gasteiger charge is -2.29. The highest BCUT2D eigenvalue weighted by Crippen LogP contribution is 2.38. The highest BCUT2D eigenvalue weighted by atomic mass is 35.5. The molecule has 2 aromatic rings. The lowest BCUT2D eigenvalue weighted by Crippen LogP contribution is -2.39. The molecule has 162 valence electrons. The Balaban J connectivity index is 0.000000537. The van der Waals surface area contributed by atoms with Crippen LogP contribution < -0.4 is 5.32 Å². The van der Waals surface area contributed by atoms with E-state index in [1.807, 2.05) is 0 Å². The molecule has 3 rings (SSSR count). The minimum atomic E-state index is -4.63. The van der Waals surface area contributed by atoms with Crippen LogP contribution in [0.2, 0.25) is 10.0 Å². The highest BCUT2D eigenvalue weighted by molar-refractivity contribution is 7.85. The minimum absolute atomic E-state index is 0.0132. The molecule has 1 aliphatic rings. The van der Waals surface area contributed by atoms with Gasteiger partial charge in [0, 0.05) is 16.5 Å². The summed E-state index contributed by atoms with van der Waals surface area (Å²) < 4.78 is 65.4. The molecule has 3 N–H and O–H groups in total. The predicted molar refractivity (Wildman–Crippen MR) is 105 cm³/mol. The number of benzene rings is 1. The van der Waals surface area contributed by atoms with Crippen LogP contribution in [0.3, 0.4) is 0 Å². The molecule has 1 aromatic carbocycles. The molecule has 0 saturated carbocycles. The summed E-state index contributed by atoms with van der Waals surface area (Å²) in [4.78, 5) is 3.63. The van der Waals surface area contributed by atoms with E-state index in [0.29, 0.717) is 18.1 Å². The van der Waals surface area contributed by atoms with E-state index < -0.39 is 28.1 Å². The zero-order chi connectivity index (χ0) is 22.0. The van der Waals surface area contributed by atoms with Crippen LogP contribution in [0.1, 0.15) is 36.6 Å². The monoisotopic (exact) mass is 474 g/mol. The van der Waals surface area contributed by atoms with Gasteiger partial charge in [0.1, 0.15) is 5.69 Å². The summed E-state index contributed by atoms with van der Waals surface area (Å²) in [7, 11) is -3.67. The molecule has 2 heterocycles. The summed E-state index contributed by atoms with van der Waals surface area (Å²) in [6.07, 6.45) is -2.46. The third kappa shape index (κ3) is 6.94. The maximum atomic E-state index is 13.2. The normalized spacial score (nSPS) is 18.8. The van der Waals surface area contributed by atoms with Gasteiger partial charge >= 0.3 is 6.18 Å². The summed E-state index contributed by atoms with van der Waals surface area (Å²) in [5.74, 6) is 0. The van der Waals surface area contributed by atoms with Gasteiger partial charge in [0.25, 0.3) is 10.1 Å². The van der Waals surface area contributed by atoms with Gasteiger partial charge in [-0.05, 0) is 43.1 Å². The molecular formula is C17H19Cl2F3N2O4S. The Morgan fingerprint density at radius 1 is 1.24 bits per heavy atom. The number of piperidine rings is 1. The average molecular weight is 475 g/mol. The number of halogens is 5. The fourth-order valence-corrected chi connectivity index (χ4v) is 3.57. The number of nitrogens with one attached hydrogen (secondary N) is 1. The maximum absolute atomic E-state index is 13.2. The second-order valence-corrected chi connectivity index (χ2v) is 8.92. The maximum Gasteiger partial charge on any atom is 0.433 e. The second-order valence-electron chi connectivity index (χ2n) is 6.61. The first-order valence-electron chi connectivity index (χ1n) is 8.48. The molecule has 1 aliphatic heterocycles. The van der Waals surface area contributed by atoms with Crippen molar-refractivity contribution in [2.45, 2.75) is 37.6 Å². The van der Waals surface area contributed by atoms with Gasteiger partial charge in [-0.3, -0.25) is 4.55 Å². The van der Waals surface area contributed by atoms with Crippen molar-refractivity contribution in [2.75, 3.05) is 12.8 Å². The van der Waals surface area contributed by atoms with E-state index in [-0.39, 0.29) is 27.2 Å². The van der Waals surface area contributed by atoms with Crippen molar-refractivity contribution >= 4 is 44.2 Å². The van der Waals surface area contributed by atoms with E-state index in [1.165, 1.54) is 12.1 Å². The molecule has 2 unspecified atom stereocenters. The molecular weight excluding hydrogens is 456 g/mol. The summed E-state index contributed by atoms with van der Waals surface area (Å²) in [6.45, 7) is 0.721. The number of fused-ring (bicyclic) bond motifs is 1. The topological polar surface area (TPSA) is 99.5 Å². The van der Waals surface area contributed by atoms with E-state index in [9.17, 15) is 26.7 Å². The molecule has 0 aliphatic carbocycles. The summed E-state index contributed by atoms with van der Waals surface area (Å²) in [6, 6.07) is 3.39. The molecule has 12 heteroatoms. The number of alkyl halides is 3. The average Bonchev–Trinajstić information content (AvgIpc) is 2.59. The van der Waals surface area contributed by atoms with Crippen LogP contribution in [0.25, 0.3) is 10.9 Å². The molecule has 1 saturated heterocycles. The molecule has 0 radical (unpaired) electrons. The Bertz CT molecular complexity index is 973. The van der Waals surface area contributed by atoms with Crippen LogP contribution in [-0.4, -0.2) is 41.9 Å². The fourth-order valence-electron chi connectivity index (χ4n) is 3.03. The van der Waals surface area contributed by atoms with Crippen LogP contribution in [0.4, 0.5) is 13.2 Å². The van der Waals surface area contributed by atoms with Gasteiger partial charge in [0.2, 0.25) is 0 Å². The van der Waals surface area contributed by atoms with Crippen molar-refractivity contribution in [2.24, 2.45) is 0 Å². The summed E-state index contributed by atoms with van der Waals surface area (Å²) in [5, 5.41) is 14.5. The Morgan fingerprint density at radius 2 is 1.86 bits per heavy atom. The van der Waals surface area contributed by atoms with Crippen molar-refractivity contribution in [1.29, 1.82) is 0 Å². The lowest BCUT2D eigenvalue weighted by atomic mass is 9.92. The van der Waals surface area contributed by atoms with Crippen molar-refractivity contribution < 1.29 is 31.2 Å². The van der Waals surface area contributed by atoms with Crippen molar-refractivity contribution in [3.63, 3.8) is 0 Å². The van der Waals surface area contributed by atoms with Gasteiger partial charge in [0.05, 0.1) is 22.9 Å². The van der Waals surface area contributed by atoms with E-state index in [0.717, 1.165) is 25.5 Å². The number of nitrogens with zero attached hydrogens (tertiary/aromatic N) is 1. The Hall–Kier alpha value is -1.17. The lowest BCUT2D eigenvalue weighted by molar-refractivity contribution is -0.141. The fraction of sp³-hybridized carbons (Fsp3) is 0.471. The highest BCUT2D eigenvalue weighted by Gasteiger charge is 2.35. The minimum Gasteiger partial charge on any atom is -0.387 e. The van der Waals surface area contributed by atoms with E-state index >= 15 is 0 Å². The number of hydrogen-bond donors (Lipinski definition) is 3. The van der Waals surface area contributed by atoms with E-state index in [4.69, 9.17) is 27.8 Å². The third-order valence-corrected chi connectivity index (χ3v) is 4.71. The van der Waals surface area contributed by atoms with Crippen molar-refractivity contribution in [1.82, 2.24) is 10.3 Å². The Labute approximate surface area is 175 Å². The zero-order valence-electron chi connectivity index (χ0n) is 15.2. The van der Waals surface area contributed by atoms with Gasteiger partial charge < -0.3 is 10.4 Å². The SMILES string of the molecule is CS(=O)(=O)O.OC(c1cc(C(F)(F)F)nc2c(Cl)cc(Cl)cc12)C1CCCCN1. The third-order valence-electron chi connectivity index (χ3n) is 4.20. The van der Waals surface area contributed by atoms with Crippen LogP contribution >= 0.6 is 23.2 Å². The summed E-state index contributed by atoms with van der Waals surface area (Å²) in [5.41, 5.74) is -0.957. The van der Waals surface area contributed by atoms with Crippen LogP contribution in [0.5, 0.6) is 0 Å². The van der Waals surface area contributed by atoms with Crippen LogP contribution in [0.15, 0.2) is 18.2 Å². The van der Waals surface area contributed by atoms with Crippen molar-refractivity contribution in [3.05, 3.63) is 39.5 Å². The van der Waals surface area contributed by atoms with Crippen LogP contribution in [0, 0.1) is 0 Å². The van der Waals surface area contributed by atoms with Crippen LogP contribution in [-0.2, 0) is 16.3 Å². The molecule has 1 aromatic heterocycles. The van der Waals surface area contributed by atoms with Crippen molar-refractivity contribution in [3.8, 4) is 0 Å². The Kier molecular flexibility index (Phi) is 7.74. The second kappa shape index (κ2) is 9.32. The molecule has 0 spiro atoms. The molecule has 29 heavy (non-hydrogen) atoms. The number of aliphatic hydroxyl groups is 1.